The van der Waals surface area contributed by atoms with Crippen molar-refractivity contribution >= 4 is 17.4 Å². The van der Waals surface area contributed by atoms with Crippen molar-refractivity contribution in [2.24, 2.45) is 0 Å². The maximum atomic E-state index is 4.57. The molecule has 3 aromatic heterocycles. The lowest BCUT2D eigenvalue weighted by atomic mass is 10.5. The Hall–Kier alpha value is -1.75. The quantitative estimate of drug-likeness (QED) is 0.675. The van der Waals surface area contributed by atoms with Crippen LogP contribution in [-0.4, -0.2) is 18.9 Å². The molecule has 0 unspecified atom stereocenters. The normalized spacial score (nSPS) is 11.2. The molecule has 0 bridgehead atoms. The number of aromatic nitrogens is 4. The van der Waals surface area contributed by atoms with Crippen molar-refractivity contribution in [1.82, 2.24) is 18.9 Å². The molecule has 0 atom stereocenters. The van der Waals surface area contributed by atoms with E-state index in [0.717, 1.165) is 28.8 Å². The Morgan fingerprint density at radius 1 is 1.28 bits per heavy atom. The number of rotatable bonds is 4. The number of nitrogens with zero attached hydrogens (tertiary/aromatic N) is 4. The highest BCUT2D eigenvalue weighted by atomic mass is 32.2. The third-order valence-electron chi connectivity index (χ3n) is 2.78. The Bertz CT molecular complexity index is 623. The van der Waals surface area contributed by atoms with Crippen LogP contribution in [0.15, 0.2) is 48.1 Å². The summed E-state index contributed by atoms with van der Waals surface area (Å²) in [5.74, 6) is 0.846. The van der Waals surface area contributed by atoms with Crippen molar-refractivity contribution in [3.63, 3.8) is 0 Å². The van der Waals surface area contributed by atoms with Gasteiger partial charge in [-0.1, -0.05) is 17.8 Å². The van der Waals surface area contributed by atoms with Crippen LogP contribution in [0, 0.1) is 0 Å². The molecule has 4 nitrogen and oxygen atoms in total. The summed E-state index contributed by atoms with van der Waals surface area (Å²) in [6, 6.07) is 6.03. The molecule has 3 heterocycles. The molecule has 0 fully saturated rings. The molecule has 0 N–H and O–H groups in total. The number of pyridine rings is 1. The van der Waals surface area contributed by atoms with Gasteiger partial charge in [0.1, 0.15) is 5.65 Å². The predicted octanol–water partition coefficient (Wildman–Crippen LogP) is 2.84. The molecule has 0 spiro atoms. The Kier molecular flexibility index (Phi) is 3.06. The summed E-state index contributed by atoms with van der Waals surface area (Å²) < 4.78 is 4.18. The van der Waals surface area contributed by atoms with Gasteiger partial charge in [-0.15, -0.1) is 0 Å². The fourth-order valence-corrected chi connectivity index (χ4v) is 2.78. The molecular weight excluding hydrogens is 244 g/mol. The third kappa shape index (κ3) is 2.13. The van der Waals surface area contributed by atoms with Crippen LogP contribution >= 0.6 is 11.8 Å². The van der Waals surface area contributed by atoms with Gasteiger partial charge in [-0.05, 0) is 19.1 Å². The molecule has 0 aliphatic heterocycles. The Morgan fingerprint density at radius 2 is 2.22 bits per heavy atom. The summed E-state index contributed by atoms with van der Waals surface area (Å²) in [6.07, 6.45) is 7.94. The minimum atomic E-state index is 0.846. The molecule has 0 saturated heterocycles. The molecule has 0 radical (unpaired) electrons. The smallest absolute Gasteiger partial charge is 0.168 e. The molecule has 3 aromatic rings. The van der Waals surface area contributed by atoms with Gasteiger partial charge in [-0.3, -0.25) is 0 Å². The number of thioether (sulfide) groups is 1. The molecule has 0 saturated carbocycles. The summed E-state index contributed by atoms with van der Waals surface area (Å²) in [5.41, 5.74) is 2.07. The second-order valence-electron chi connectivity index (χ2n) is 3.98. The Morgan fingerprint density at radius 3 is 3.06 bits per heavy atom. The topological polar surface area (TPSA) is 35.1 Å². The zero-order valence-electron chi connectivity index (χ0n) is 10.2. The first-order valence-electron chi connectivity index (χ1n) is 5.93. The number of imidazole rings is 2. The molecule has 0 aliphatic carbocycles. The average Bonchev–Trinajstić information content (AvgIpc) is 3.01. The van der Waals surface area contributed by atoms with Gasteiger partial charge in [0.05, 0.1) is 5.69 Å². The van der Waals surface area contributed by atoms with E-state index in [1.165, 1.54) is 0 Å². The van der Waals surface area contributed by atoms with Crippen LogP contribution in [0.4, 0.5) is 0 Å². The summed E-state index contributed by atoms with van der Waals surface area (Å²) in [6.45, 7) is 3.07. The fourth-order valence-electron chi connectivity index (χ4n) is 1.87. The minimum absolute atomic E-state index is 0.846. The van der Waals surface area contributed by atoms with Gasteiger partial charge in [-0.25, -0.2) is 9.97 Å². The van der Waals surface area contributed by atoms with Gasteiger partial charge < -0.3 is 8.97 Å². The number of fused-ring (bicyclic) bond motifs is 1. The summed E-state index contributed by atoms with van der Waals surface area (Å²) in [5, 5.41) is 1.05. The number of hydrogen-bond acceptors (Lipinski definition) is 3. The SMILES string of the molecule is CCn1ccnc1SCc1cn2ccccc2n1. The Labute approximate surface area is 110 Å². The summed E-state index contributed by atoms with van der Waals surface area (Å²) in [4.78, 5) is 8.92. The van der Waals surface area contributed by atoms with E-state index < -0.39 is 0 Å². The molecule has 92 valence electrons. The molecule has 0 amide bonds. The monoisotopic (exact) mass is 258 g/mol. The number of aryl methyl sites for hydroxylation is 1. The predicted molar refractivity (Wildman–Crippen MR) is 72.7 cm³/mol. The van der Waals surface area contributed by atoms with Gasteiger partial charge in [-0.2, -0.15) is 0 Å². The zero-order chi connectivity index (χ0) is 12.4. The highest BCUT2D eigenvalue weighted by molar-refractivity contribution is 7.98. The number of hydrogen-bond donors (Lipinski definition) is 0. The van der Waals surface area contributed by atoms with Gasteiger partial charge in [0.25, 0.3) is 0 Å². The van der Waals surface area contributed by atoms with E-state index in [2.05, 4.69) is 27.7 Å². The average molecular weight is 258 g/mol. The second-order valence-corrected chi connectivity index (χ2v) is 4.93. The van der Waals surface area contributed by atoms with Gasteiger partial charge in [0.2, 0.25) is 0 Å². The van der Waals surface area contributed by atoms with Crippen LogP contribution in [0.3, 0.4) is 0 Å². The van der Waals surface area contributed by atoms with Crippen LogP contribution in [0.5, 0.6) is 0 Å². The lowest BCUT2D eigenvalue weighted by Gasteiger charge is -2.02. The van der Waals surface area contributed by atoms with Crippen LogP contribution in [-0.2, 0) is 12.3 Å². The van der Waals surface area contributed by atoms with Crippen molar-refractivity contribution in [1.29, 1.82) is 0 Å². The summed E-state index contributed by atoms with van der Waals surface area (Å²) in [7, 11) is 0. The fraction of sp³-hybridized carbons (Fsp3) is 0.231. The standard InChI is InChI=1S/C13H14N4S/c1-2-16-8-6-14-13(16)18-10-11-9-17-7-4-3-5-12(17)15-11/h3-9H,2,10H2,1H3. The van der Waals surface area contributed by atoms with E-state index in [4.69, 9.17) is 0 Å². The molecule has 18 heavy (non-hydrogen) atoms. The van der Waals surface area contributed by atoms with Crippen molar-refractivity contribution in [3.8, 4) is 0 Å². The molecule has 3 rings (SSSR count). The first-order valence-corrected chi connectivity index (χ1v) is 6.92. The van der Waals surface area contributed by atoms with Crippen LogP contribution < -0.4 is 0 Å². The van der Waals surface area contributed by atoms with E-state index in [0.29, 0.717) is 0 Å². The van der Waals surface area contributed by atoms with Crippen molar-refractivity contribution in [3.05, 3.63) is 48.7 Å². The van der Waals surface area contributed by atoms with Gasteiger partial charge in [0.15, 0.2) is 5.16 Å². The van der Waals surface area contributed by atoms with Crippen molar-refractivity contribution < 1.29 is 0 Å². The molecular formula is C13H14N4S. The van der Waals surface area contributed by atoms with Crippen LogP contribution in [0.2, 0.25) is 0 Å². The van der Waals surface area contributed by atoms with Gasteiger partial charge in [0, 0.05) is 37.1 Å². The largest absolute Gasteiger partial charge is 0.326 e. The van der Waals surface area contributed by atoms with Gasteiger partial charge >= 0.3 is 0 Å². The highest BCUT2D eigenvalue weighted by Gasteiger charge is 2.05. The summed E-state index contributed by atoms with van der Waals surface area (Å²) >= 11 is 1.72. The first-order chi connectivity index (χ1) is 8.86. The maximum absolute atomic E-state index is 4.57. The highest BCUT2D eigenvalue weighted by Crippen LogP contribution is 2.20. The first kappa shape index (κ1) is 11.3. The van der Waals surface area contributed by atoms with Crippen molar-refractivity contribution in [2.75, 3.05) is 0 Å². The van der Waals surface area contributed by atoms with E-state index >= 15 is 0 Å². The van der Waals surface area contributed by atoms with Crippen LogP contribution in [0.1, 0.15) is 12.6 Å². The second kappa shape index (κ2) is 4.86. The molecule has 0 aromatic carbocycles. The molecule has 5 heteroatoms. The minimum Gasteiger partial charge on any atom is -0.326 e. The lowest BCUT2D eigenvalue weighted by molar-refractivity contribution is 0.681. The van der Waals surface area contributed by atoms with E-state index in [1.807, 2.05) is 41.2 Å². The van der Waals surface area contributed by atoms with Crippen LogP contribution in [0.25, 0.3) is 5.65 Å². The van der Waals surface area contributed by atoms with Crippen molar-refractivity contribution in [2.45, 2.75) is 24.4 Å². The molecule has 0 aliphatic rings. The lowest BCUT2D eigenvalue weighted by Crippen LogP contribution is -1.94. The van der Waals surface area contributed by atoms with E-state index in [-0.39, 0.29) is 0 Å². The Balaban J connectivity index is 1.77. The zero-order valence-corrected chi connectivity index (χ0v) is 11.0. The third-order valence-corrected chi connectivity index (χ3v) is 3.82. The van der Waals surface area contributed by atoms with E-state index in [9.17, 15) is 0 Å². The maximum Gasteiger partial charge on any atom is 0.168 e. The van der Waals surface area contributed by atoms with E-state index in [1.54, 1.807) is 11.8 Å².